The minimum Gasteiger partial charge on any atom is -0.354 e. The molecule has 0 aliphatic carbocycles. The number of nitrogens with one attached hydrogen (secondary N) is 1. The molecule has 0 spiro atoms. The first kappa shape index (κ1) is 15.7. The standard InChI is InChI=1S/C17H23N9/c1-13-8-16(26-17(21-13)19-12-20-26)24-6-4-23(5-7-24)11-14-9-15-10-18-2-3-25(15)22-14/h8-9,12,18H,2-7,10-11H2,1H3. The van der Waals surface area contributed by atoms with Crippen molar-refractivity contribution >= 4 is 11.6 Å². The SMILES string of the molecule is Cc1cc(N2CCN(Cc3cc4n(n3)CCNC4)CC2)n2ncnc2n1. The summed E-state index contributed by atoms with van der Waals surface area (Å²) in [5, 5.41) is 12.5. The van der Waals surface area contributed by atoms with Gasteiger partial charge in [0.15, 0.2) is 0 Å². The first-order valence-corrected chi connectivity index (χ1v) is 9.17. The van der Waals surface area contributed by atoms with Crippen LogP contribution in [0.15, 0.2) is 18.5 Å². The van der Waals surface area contributed by atoms with Crippen LogP contribution < -0.4 is 10.2 Å². The highest BCUT2D eigenvalue weighted by Crippen LogP contribution is 2.19. The summed E-state index contributed by atoms with van der Waals surface area (Å²) in [5.74, 6) is 1.74. The van der Waals surface area contributed by atoms with Crippen LogP contribution in [-0.4, -0.2) is 67.0 Å². The zero-order valence-corrected chi connectivity index (χ0v) is 15.0. The molecule has 0 unspecified atom stereocenters. The molecular formula is C17H23N9. The van der Waals surface area contributed by atoms with Crippen molar-refractivity contribution in [3.8, 4) is 0 Å². The van der Waals surface area contributed by atoms with E-state index in [1.807, 2.05) is 11.4 Å². The molecule has 5 heterocycles. The zero-order chi connectivity index (χ0) is 17.5. The number of piperazine rings is 1. The van der Waals surface area contributed by atoms with Crippen molar-refractivity contribution in [3.63, 3.8) is 0 Å². The number of nitrogens with zero attached hydrogens (tertiary/aromatic N) is 8. The Morgan fingerprint density at radius 2 is 2.00 bits per heavy atom. The lowest BCUT2D eigenvalue weighted by molar-refractivity contribution is 0.245. The fourth-order valence-electron chi connectivity index (χ4n) is 3.83. The molecule has 3 aromatic heterocycles. The third-order valence-corrected chi connectivity index (χ3v) is 5.16. The van der Waals surface area contributed by atoms with Gasteiger partial charge in [-0.3, -0.25) is 9.58 Å². The van der Waals surface area contributed by atoms with Crippen molar-refractivity contribution in [1.29, 1.82) is 0 Å². The van der Waals surface area contributed by atoms with Crippen molar-refractivity contribution in [2.24, 2.45) is 0 Å². The minimum atomic E-state index is 0.666. The Balaban J connectivity index is 1.27. The molecule has 0 bridgehead atoms. The molecule has 3 aromatic rings. The highest BCUT2D eigenvalue weighted by Gasteiger charge is 2.21. The van der Waals surface area contributed by atoms with Crippen molar-refractivity contribution < 1.29 is 0 Å². The van der Waals surface area contributed by atoms with Crippen LogP contribution in [0.4, 0.5) is 5.82 Å². The number of aromatic nitrogens is 6. The van der Waals surface area contributed by atoms with Crippen molar-refractivity contribution in [3.05, 3.63) is 35.5 Å². The lowest BCUT2D eigenvalue weighted by Gasteiger charge is -2.35. The molecule has 5 rings (SSSR count). The van der Waals surface area contributed by atoms with E-state index in [0.29, 0.717) is 5.78 Å². The van der Waals surface area contributed by atoms with E-state index in [0.717, 1.165) is 63.9 Å². The van der Waals surface area contributed by atoms with Gasteiger partial charge in [0.05, 0.1) is 17.9 Å². The molecule has 9 nitrogen and oxygen atoms in total. The number of anilines is 1. The second-order valence-electron chi connectivity index (χ2n) is 7.02. The lowest BCUT2D eigenvalue weighted by atomic mass is 10.2. The summed E-state index contributed by atoms with van der Waals surface area (Å²) < 4.78 is 3.97. The Labute approximate surface area is 151 Å². The Kier molecular flexibility index (Phi) is 3.83. The van der Waals surface area contributed by atoms with Gasteiger partial charge in [0, 0.05) is 57.6 Å². The third-order valence-electron chi connectivity index (χ3n) is 5.16. The first-order valence-electron chi connectivity index (χ1n) is 9.17. The number of aryl methyl sites for hydroxylation is 1. The predicted molar refractivity (Wildman–Crippen MR) is 96.9 cm³/mol. The van der Waals surface area contributed by atoms with Crippen molar-refractivity contribution in [1.82, 2.24) is 39.6 Å². The van der Waals surface area contributed by atoms with Crippen molar-refractivity contribution in [2.75, 3.05) is 37.6 Å². The Hall–Kier alpha value is -2.52. The van der Waals surface area contributed by atoms with E-state index >= 15 is 0 Å². The smallest absolute Gasteiger partial charge is 0.254 e. The van der Waals surface area contributed by atoms with Gasteiger partial charge >= 0.3 is 0 Å². The molecule has 0 atom stereocenters. The largest absolute Gasteiger partial charge is 0.354 e. The Morgan fingerprint density at radius 3 is 2.85 bits per heavy atom. The van der Waals surface area contributed by atoms with Crippen molar-refractivity contribution in [2.45, 2.75) is 26.6 Å². The van der Waals surface area contributed by atoms with Gasteiger partial charge in [-0.25, -0.2) is 4.98 Å². The molecular weight excluding hydrogens is 330 g/mol. The van der Waals surface area contributed by atoms with Crippen LogP contribution in [0.2, 0.25) is 0 Å². The van der Waals surface area contributed by atoms with Crippen LogP contribution in [0.5, 0.6) is 0 Å². The molecule has 1 N–H and O–H groups in total. The topological polar surface area (TPSA) is 79.4 Å². The molecule has 26 heavy (non-hydrogen) atoms. The molecule has 0 radical (unpaired) electrons. The molecule has 2 aliphatic heterocycles. The second kappa shape index (κ2) is 6.33. The van der Waals surface area contributed by atoms with Gasteiger partial charge in [-0.05, 0) is 13.0 Å². The predicted octanol–water partition coefficient (Wildman–Crippen LogP) is 0.0546. The van der Waals surface area contributed by atoms with Crippen LogP contribution in [0.1, 0.15) is 17.1 Å². The van der Waals surface area contributed by atoms with Crippen LogP contribution in [0, 0.1) is 6.92 Å². The van der Waals surface area contributed by atoms with Gasteiger partial charge < -0.3 is 10.2 Å². The Morgan fingerprint density at radius 1 is 1.12 bits per heavy atom. The summed E-state index contributed by atoms with van der Waals surface area (Å²) in [6.45, 7) is 9.78. The maximum absolute atomic E-state index is 4.76. The molecule has 136 valence electrons. The molecule has 0 saturated carbocycles. The van der Waals surface area contributed by atoms with E-state index in [2.05, 4.69) is 47.0 Å². The van der Waals surface area contributed by atoms with Gasteiger partial charge in [0.2, 0.25) is 0 Å². The highest BCUT2D eigenvalue weighted by atomic mass is 15.4. The lowest BCUT2D eigenvalue weighted by Crippen LogP contribution is -2.46. The maximum Gasteiger partial charge on any atom is 0.254 e. The molecule has 0 amide bonds. The second-order valence-corrected chi connectivity index (χ2v) is 7.02. The van der Waals surface area contributed by atoms with E-state index in [4.69, 9.17) is 5.10 Å². The summed E-state index contributed by atoms with van der Waals surface area (Å²) in [7, 11) is 0. The fraction of sp³-hybridized carbons (Fsp3) is 0.529. The van der Waals surface area contributed by atoms with Crippen LogP contribution >= 0.6 is 0 Å². The quantitative estimate of drug-likeness (QED) is 0.713. The number of hydrogen-bond acceptors (Lipinski definition) is 7. The van der Waals surface area contributed by atoms with E-state index in [9.17, 15) is 0 Å². The van der Waals surface area contributed by atoms with Gasteiger partial charge in [-0.15, -0.1) is 0 Å². The average molecular weight is 353 g/mol. The van der Waals surface area contributed by atoms with Crippen LogP contribution in [-0.2, 0) is 19.6 Å². The zero-order valence-electron chi connectivity index (χ0n) is 15.0. The monoisotopic (exact) mass is 353 g/mol. The van der Waals surface area contributed by atoms with Crippen LogP contribution in [0.25, 0.3) is 5.78 Å². The van der Waals surface area contributed by atoms with E-state index in [1.165, 1.54) is 11.4 Å². The summed E-state index contributed by atoms with van der Waals surface area (Å²) in [6.07, 6.45) is 1.57. The summed E-state index contributed by atoms with van der Waals surface area (Å²) in [6, 6.07) is 4.33. The summed E-state index contributed by atoms with van der Waals surface area (Å²) >= 11 is 0. The first-order chi connectivity index (χ1) is 12.8. The number of rotatable bonds is 3. The van der Waals surface area contributed by atoms with E-state index < -0.39 is 0 Å². The Bertz CT molecular complexity index is 896. The average Bonchev–Trinajstić information content (AvgIpc) is 3.27. The van der Waals surface area contributed by atoms with Crippen LogP contribution in [0.3, 0.4) is 0 Å². The van der Waals surface area contributed by atoms with Gasteiger partial charge in [0.25, 0.3) is 5.78 Å². The molecule has 0 aromatic carbocycles. The highest BCUT2D eigenvalue weighted by molar-refractivity contribution is 5.47. The number of hydrogen-bond donors (Lipinski definition) is 1. The third kappa shape index (κ3) is 2.82. The number of fused-ring (bicyclic) bond motifs is 2. The molecule has 2 aliphatic rings. The fourth-order valence-corrected chi connectivity index (χ4v) is 3.83. The van der Waals surface area contributed by atoms with Gasteiger partial charge in [0.1, 0.15) is 12.1 Å². The van der Waals surface area contributed by atoms with E-state index in [1.54, 1.807) is 6.33 Å². The maximum atomic E-state index is 4.76. The van der Waals surface area contributed by atoms with E-state index in [-0.39, 0.29) is 0 Å². The summed E-state index contributed by atoms with van der Waals surface area (Å²) in [4.78, 5) is 13.5. The molecule has 9 heteroatoms. The van der Waals surface area contributed by atoms with Gasteiger partial charge in [-0.1, -0.05) is 0 Å². The minimum absolute atomic E-state index is 0.666. The summed E-state index contributed by atoms with van der Waals surface area (Å²) in [5.41, 5.74) is 3.45. The molecule has 1 fully saturated rings. The van der Waals surface area contributed by atoms with Gasteiger partial charge in [-0.2, -0.15) is 19.7 Å². The normalized spacial score (nSPS) is 18.4. The molecule has 1 saturated heterocycles.